The molecule has 0 spiro atoms. The first-order valence-electron chi connectivity index (χ1n) is 6.73. The third-order valence-electron chi connectivity index (χ3n) is 4.31. The van der Waals surface area contributed by atoms with Crippen LogP contribution in [0.3, 0.4) is 0 Å². The molecular weight excluding hydrogens is 184 g/mol. The summed E-state index contributed by atoms with van der Waals surface area (Å²) in [7, 11) is 0. The summed E-state index contributed by atoms with van der Waals surface area (Å²) in [4.78, 5) is 0. The lowest BCUT2D eigenvalue weighted by atomic mass is 9.89. The Morgan fingerprint density at radius 1 is 1.27 bits per heavy atom. The second-order valence-electron chi connectivity index (χ2n) is 5.55. The third kappa shape index (κ3) is 2.94. The van der Waals surface area contributed by atoms with Crippen LogP contribution in [0.2, 0.25) is 0 Å². The van der Waals surface area contributed by atoms with Crippen LogP contribution in [0.5, 0.6) is 0 Å². The van der Waals surface area contributed by atoms with E-state index in [2.05, 4.69) is 24.5 Å². The summed E-state index contributed by atoms with van der Waals surface area (Å²) in [5.74, 6) is 3.15. The minimum atomic E-state index is 0.629. The van der Waals surface area contributed by atoms with Crippen molar-refractivity contribution in [2.24, 2.45) is 17.8 Å². The Labute approximate surface area is 94.2 Å². The average molecular weight is 210 g/mol. The summed E-state index contributed by atoms with van der Waals surface area (Å²) in [6.45, 7) is 7.91. The Balaban J connectivity index is 1.61. The van der Waals surface area contributed by atoms with Gasteiger partial charge in [-0.2, -0.15) is 0 Å². The number of likely N-dealkylation sites (N-methyl/N-ethyl adjacent to an activating group) is 1. The predicted molar refractivity (Wildman–Crippen MR) is 64.9 cm³/mol. The Bertz CT molecular complexity index is 193. The quantitative estimate of drug-likeness (QED) is 0.701. The lowest BCUT2D eigenvalue weighted by Crippen LogP contribution is -2.39. The van der Waals surface area contributed by atoms with Crippen LogP contribution in [0, 0.1) is 17.8 Å². The maximum absolute atomic E-state index is 3.68. The van der Waals surface area contributed by atoms with Crippen molar-refractivity contribution < 1.29 is 0 Å². The van der Waals surface area contributed by atoms with Gasteiger partial charge in [0.1, 0.15) is 0 Å². The molecule has 2 rings (SSSR count). The monoisotopic (exact) mass is 210 g/mol. The number of hydrogen-bond acceptors (Lipinski definition) is 2. The van der Waals surface area contributed by atoms with Crippen molar-refractivity contribution >= 4 is 0 Å². The standard InChI is InChI=1S/C13H26N2/c1-3-14-8-10(2)15-9-13-7-11-4-5-12(13)6-11/h10-15H,3-9H2,1-2H3. The summed E-state index contributed by atoms with van der Waals surface area (Å²) >= 11 is 0. The largest absolute Gasteiger partial charge is 0.315 e. The van der Waals surface area contributed by atoms with E-state index in [0.717, 1.165) is 30.8 Å². The first-order chi connectivity index (χ1) is 7.29. The highest BCUT2D eigenvalue weighted by Gasteiger charge is 2.38. The molecule has 0 aromatic rings. The van der Waals surface area contributed by atoms with Gasteiger partial charge < -0.3 is 10.6 Å². The SMILES string of the molecule is CCNCC(C)NCC1CC2CCC1C2. The van der Waals surface area contributed by atoms with Crippen molar-refractivity contribution in [3.05, 3.63) is 0 Å². The smallest absolute Gasteiger partial charge is 0.0164 e. The zero-order chi connectivity index (χ0) is 10.7. The molecule has 2 nitrogen and oxygen atoms in total. The van der Waals surface area contributed by atoms with Crippen LogP contribution < -0.4 is 10.6 Å². The molecule has 0 aromatic carbocycles. The van der Waals surface area contributed by atoms with Gasteiger partial charge >= 0.3 is 0 Å². The van der Waals surface area contributed by atoms with Crippen LogP contribution in [0.1, 0.15) is 39.5 Å². The number of nitrogens with one attached hydrogen (secondary N) is 2. The van der Waals surface area contributed by atoms with Gasteiger partial charge in [-0.05, 0) is 57.0 Å². The van der Waals surface area contributed by atoms with Crippen LogP contribution in [0.25, 0.3) is 0 Å². The van der Waals surface area contributed by atoms with Crippen molar-refractivity contribution in [3.8, 4) is 0 Å². The Morgan fingerprint density at radius 3 is 2.73 bits per heavy atom. The second-order valence-corrected chi connectivity index (χ2v) is 5.55. The number of rotatable bonds is 6. The fourth-order valence-corrected chi connectivity index (χ4v) is 3.41. The second kappa shape index (κ2) is 5.31. The van der Waals surface area contributed by atoms with E-state index < -0.39 is 0 Å². The van der Waals surface area contributed by atoms with Crippen molar-refractivity contribution in [2.45, 2.75) is 45.6 Å². The molecule has 0 aromatic heterocycles. The van der Waals surface area contributed by atoms with Crippen LogP contribution in [0.4, 0.5) is 0 Å². The molecule has 15 heavy (non-hydrogen) atoms. The maximum atomic E-state index is 3.68. The minimum Gasteiger partial charge on any atom is -0.315 e. The van der Waals surface area contributed by atoms with Crippen LogP contribution >= 0.6 is 0 Å². The average Bonchev–Trinajstić information content (AvgIpc) is 2.84. The lowest BCUT2D eigenvalue weighted by Gasteiger charge is -2.24. The van der Waals surface area contributed by atoms with E-state index in [1.807, 2.05) is 0 Å². The van der Waals surface area contributed by atoms with Gasteiger partial charge in [-0.15, -0.1) is 0 Å². The Kier molecular flexibility index (Phi) is 4.04. The zero-order valence-electron chi connectivity index (χ0n) is 10.3. The first-order valence-corrected chi connectivity index (χ1v) is 6.73. The van der Waals surface area contributed by atoms with Gasteiger partial charge in [0.2, 0.25) is 0 Å². The summed E-state index contributed by atoms with van der Waals surface area (Å²) in [5, 5.41) is 7.08. The van der Waals surface area contributed by atoms with Crippen LogP contribution in [0.15, 0.2) is 0 Å². The molecule has 88 valence electrons. The van der Waals surface area contributed by atoms with Gasteiger partial charge in [-0.1, -0.05) is 13.3 Å². The van der Waals surface area contributed by atoms with E-state index >= 15 is 0 Å². The molecular formula is C13H26N2. The van der Waals surface area contributed by atoms with Crippen molar-refractivity contribution in [1.82, 2.24) is 10.6 Å². The van der Waals surface area contributed by atoms with E-state index in [0.29, 0.717) is 6.04 Å². The number of fused-ring (bicyclic) bond motifs is 2. The van der Waals surface area contributed by atoms with Gasteiger partial charge in [0, 0.05) is 12.6 Å². The molecule has 0 amide bonds. The van der Waals surface area contributed by atoms with Crippen molar-refractivity contribution in [1.29, 1.82) is 0 Å². The van der Waals surface area contributed by atoms with E-state index in [1.54, 1.807) is 0 Å². The fourth-order valence-electron chi connectivity index (χ4n) is 3.41. The van der Waals surface area contributed by atoms with Gasteiger partial charge in [-0.3, -0.25) is 0 Å². The molecule has 0 aliphatic heterocycles. The highest BCUT2D eigenvalue weighted by atomic mass is 15.0. The molecule has 2 N–H and O–H groups in total. The van der Waals surface area contributed by atoms with Crippen LogP contribution in [-0.4, -0.2) is 25.7 Å². The molecule has 2 aliphatic rings. The van der Waals surface area contributed by atoms with Crippen LogP contribution in [-0.2, 0) is 0 Å². The molecule has 4 atom stereocenters. The summed E-state index contributed by atoms with van der Waals surface area (Å²) in [6.07, 6.45) is 6.08. The molecule has 2 saturated carbocycles. The highest BCUT2D eigenvalue weighted by molar-refractivity contribution is 4.91. The normalized spacial score (nSPS) is 36.0. The molecule has 0 heterocycles. The van der Waals surface area contributed by atoms with E-state index in [1.165, 1.54) is 32.2 Å². The fraction of sp³-hybridized carbons (Fsp3) is 1.00. The summed E-state index contributed by atoms with van der Waals surface area (Å²) < 4.78 is 0. The Morgan fingerprint density at radius 2 is 2.13 bits per heavy atom. The number of hydrogen-bond donors (Lipinski definition) is 2. The molecule has 0 saturated heterocycles. The lowest BCUT2D eigenvalue weighted by molar-refractivity contribution is 0.307. The minimum absolute atomic E-state index is 0.629. The topological polar surface area (TPSA) is 24.1 Å². The zero-order valence-corrected chi connectivity index (χ0v) is 10.3. The molecule has 2 aliphatic carbocycles. The predicted octanol–water partition coefficient (Wildman–Crippen LogP) is 2.01. The van der Waals surface area contributed by atoms with Gasteiger partial charge in [0.25, 0.3) is 0 Å². The molecule has 2 heteroatoms. The van der Waals surface area contributed by atoms with E-state index in [9.17, 15) is 0 Å². The first kappa shape index (κ1) is 11.4. The summed E-state index contributed by atoms with van der Waals surface area (Å²) in [5.41, 5.74) is 0. The Hall–Kier alpha value is -0.0800. The van der Waals surface area contributed by atoms with Gasteiger partial charge in [0.05, 0.1) is 0 Å². The van der Waals surface area contributed by atoms with E-state index in [-0.39, 0.29) is 0 Å². The van der Waals surface area contributed by atoms with Gasteiger partial charge in [-0.25, -0.2) is 0 Å². The van der Waals surface area contributed by atoms with Crippen molar-refractivity contribution in [3.63, 3.8) is 0 Å². The molecule has 2 bridgehead atoms. The van der Waals surface area contributed by atoms with Crippen molar-refractivity contribution in [2.75, 3.05) is 19.6 Å². The van der Waals surface area contributed by atoms with Gasteiger partial charge in [0.15, 0.2) is 0 Å². The molecule has 4 unspecified atom stereocenters. The summed E-state index contributed by atoms with van der Waals surface area (Å²) in [6, 6.07) is 0.629. The van der Waals surface area contributed by atoms with E-state index in [4.69, 9.17) is 0 Å². The molecule has 0 radical (unpaired) electrons. The maximum Gasteiger partial charge on any atom is 0.0164 e. The molecule has 2 fully saturated rings. The third-order valence-corrected chi connectivity index (χ3v) is 4.31. The highest BCUT2D eigenvalue weighted by Crippen LogP contribution is 2.47.